The fourth-order valence-corrected chi connectivity index (χ4v) is 1.19. The van der Waals surface area contributed by atoms with Crippen LogP contribution in [0.5, 0.6) is 0 Å². The van der Waals surface area contributed by atoms with E-state index in [4.69, 9.17) is 5.26 Å². The summed E-state index contributed by atoms with van der Waals surface area (Å²) in [5.74, 6) is -0.886. The zero-order valence-corrected chi connectivity index (χ0v) is 9.03. The van der Waals surface area contributed by atoms with Crippen LogP contribution >= 0.6 is 0 Å². The van der Waals surface area contributed by atoms with Gasteiger partial charge in [-0.1, -0.05) is 18.2 Å². The van der Waals surface area contributed by atoms with Gasteiger partial charge in [-0.3, -0.25) is 4.79 Å². The summed E-state index contributed by atoms with van der Waals surface area (Å²) in [6.07, 6.45) is 0.00478. The third-order valence-electron chi connectivity index (χ3n) is 2.13. The molecule has 0 heterocycles. The van der Waals surface area contributed by atoms with E-state index in [9.17, 15) is 9.18 Å². The van der Waals surface area contributed by atoms with Crippen molar-refractivity contribution >= 4 is 5.91 Å². The van der Waals surface area contributed by atoms with Crippen LogP contribution in [0, 0.1) is 23.1 Å². The van der Waals surface area contributed by atoms with Crippen molar-refractivity contribution in [3.05, 3.63) is 35.6 Å². The molecule has 16 heavy (non-hydrogen) atoms. The van der Waals surface area contributed by atoms with Crippen molar-refractivity contribution < 1.29 is 9.18 Å². The number of carbonyl (C=O) groups is 1. The van der Waals surface area contributed by atoms with Crippen LogP contribution in [0.15, 0.2) is 24.3 Å². The summed E-state index contributed by atoms with van der Waals surface area (Å²) in [6.45, 7) is 2.01. The van der Waals surface area contributed by atoms with E-state index in [0.717, 1.165) is 0 Å². The number of nitriles is 1. The molecule has 1 aromatic rings. The second-order valence-electron chi connectivity index (χ2n) is 3.60. The van der Waals surface area contributed by atoms with Gasteiger partial charge in [-0.15, -0.1) is 0 Å². The number of nitrogens with one attached hydrogen (secondary N) is 1. The number of rotatable bonds is 4. The lowest BCUT2D eigenvalue weighted by Crippen LogP contribution is -2.29. The van der Waals surface area contributed by atoms with Crippen LogP contribution in [0.2, 0.25) is 0 Å². The van der Waals surface area contributed by atoms with Crippen LogP contribution in [-0.4, -0.2) is 12.5 Å². The lowest BCUT2D eigenvalue weighted by molar-refractivity contribution is -0.120. The SMILES string of the molecule is CC(C#N)CNC(=O)Cc1ccccc1F. The highest BCUT2D eigenvalue weighted by atomic mass is 19.1. The van der Waals surface area contributed by atoms with Gasteiger partial charge in [-0.2, -0.15) is 5.26 Å². The summed E-state index contributed by atoms with van der Waals surface area (Å²) in [4.78, 5) is 11.4. The van der Waals surface area contributed by atoms with Crippen molar-refractivity contribution in [3.8, 4) is 6.07 Å². The highest BCUT2D eigenvalue weighted by Gasteiger charge is 2.08. The highest BCUT2D eigenvalue weighted by Crippen LogP contribution is 2.06. The third-order valence-corrected chi connectivity index (χ3v) is 2.13. The van der Waals surface area contributed by atoms with Gasteiger partial charge in [0, 0.05) is 6.54 Å². The lowest BCUT2D eigenvalue weighted by atomic mass is 10.1. The standard InChI is InChI=1S/C12H13FN2O/c1-9(7-14)8-15-12(16)6-10-4-2-3-5-11(10)13/h2-5,9H,6,8H2,1H3,(H,15,16). The summed E-state index contributed by atoms with van der Waals surface area (Å²) >= 11 is 0. The Labute approximate surface area is 93.9 Å². The van der Waals surface area contributed by atoms with Crippen LogP contribution in [0.3, 0.4) is 0 Å². The Morgan fingerprint density at radius 3 is 2.88 bits per heavy atom. The molecule has 0 aliphatic rings. The number of hydrogen-bond donors (Lipinski definition) is 1. The van der Waals surface area contributed by atoms with Gasteiger partial charge in [0.15, 0.2) is 0 Å². The van der Waals surface area contributed by atoms with Gasteiger partial charge in [-0.25, -0.2) is 4.39 Å². The summed E-state index contributed by atoms with van der Waals surface area (Å²) in [6, 6.07) is 8.16. The van der Waals surface area contributed by atoms with Gasteiger partial charge in [0.1, 0.15) is 5.82 Å². The van der Waals surface area contributed by atoms with Gasteiger partial charge in [0.25, 0.3) is 0 Å². The molecule has 0 aromatic heterocycles. The predicted octanol–water partition coefficient (Wildman–Crippen LogP) is 1.64. The van der Waals surface area contributed by atoms with Crippen LogP contribution in [0.25, 0.3) is 0 Å². The number of amides is 1. The maximum Gasteiger partial charge on any atom is 0.224 e. The number of carbonyl (C=O) groups excluding carboxylic acids is 1. The molecule has 1 atom stereocenters. The molecule has 0 saturated carbocycles. The molecule has 0 fully saturated rings. The van der Waals surface area contributed by atoms with E-state index >= 15 is 0 Å². The Kier molecular flexibility index (Phi) is 4.46. The Morgan fingerprint density at radius 2 is 2.25 bits per heavy atom. The highest BCUT2D eigenvalue weighted by molar-refractivity contribution is 5.78. The van der Waals surface area contributed by atoms with Crippen molar-refractivity contribution in [3.63, 3.8) is 0 Å². The van der Waals surface area contributed by atoms with E-state index in [-0.39, 0.29) is 24.1 Å². The molecule has 84 valence electrons. The first-order valence-corrected chi connectivity index (χ1v) is 5.03. The summed E-state index contributed by atoms with van der Waals surface area (Å²) in [5, 5.41) is 11.1. The van der Waals surface area contributed by atoms with Crippen molar-refractivity contribution in [2.45, 2.75) is 13.3 Å². The summed E-state index contributed by atoms with van der Waals surface area (Å²) in [5.41, 5.74) is 0.365. The van der Waals surface area contributed by atoms with E-state index in [1.54, 1.807) is 25.1 Å². The zero-order valence-electron chi connectivity index (χ0n) is 9.03. The lowest BCUT2D eigenvalue weighted by Gasteiger charge is -2.06. The van der Waals surface area contributed by atoms with Crippen LogP contribution in [0.1, 0.15) is 12.5 Å². The second kappa shape index (κ2) is 5.86. The molecule has 1 aromatic carbocycles. The topological polar surface area (TPSA) is 52.9 Å². The molecule has 1 amide bonds. The van der Waals surface area contributed by atoms with Crippen molar-refractivity contribution in [1.29, 1.82) is 5.26 Å². The van der Waals surface area contributed by atoms with E-state index < -0.39 is 0 Å². The Bertz CT molecular complexity index is 412. The predicted molar refractivity (Wildman–Crippen MR) is 57.9 cm³/mol. The quantitative estimate of drug-likeness (QED) is 0.838. The van der Waals surface area contributed by atoms with Gasteiger partial charge in [-0.05, 0) is 18.6 Å². The van der Waals surface area contributed by atoms with Crippen molar-refractivity contribution in [1.82, 2.24) is 5.32 Å². The zero-order chi connectivity index (χ0) is 12.0. The molecule has 1 unspecified atom stereocenters. The summed E-state index contributed by atoms with van der Waals surface area (Å²) in [7, 11) is 0. The molecule has 0 bridgehead atoms. The Hall–Kier alpha value is -1.89. The smallest absolute Gasteiger partial charge is 0.224 e. The number of nitrogens with zero attached hydrogens (tertiary/aromatic N) is 1. The van der Waals surface area contributed by atoms with E-state index in [2.05, 4.69) is 5.32 Å². The molecule has 0 saturated heterocycles. The monoisotopic (exact) mass is 220 g/mol. The minimum absolute atomic E-state index is 0.00478. The molecule has 3 nitrogen and oxygen atoms in total. The number of halogens is 1. The molecule has 0 radical (unpaired) electrons. The third kappa shape index (κ3) is 3.70. The van der Waals surface area contributed by atoms with Crippen LogP contribution in [0.4, 0.5) is 4.39 Å². The molecular formula is C12H13FN2O. The first-order chi connectivity index (χ1) is 7.63. The largest absolute Gasteiger partial charge is 0.355 e. The van der Waals surface area contributed by atoms with Crippen LogP contribution in [-0.2, 0) is 11.2 Å². The number of benzene rings is 1. The molecule has 1 N–H and O–H groups in total. The first kappa shape index (κ1) is 12.2. The first-order valence-electron chi connectivity index (χ1n) is 5.03. The molecule has 0 spiro atoms. The molecule has 0 aliphatic carbocycles. The molecule has 0 aliphatic heterocycles. The Balaban J connectivity index is 2.47. The normalized spacial score (nSPS) is 11.6. The van der Waals surface area contributed by atoms with Crippen LogP contribution < -0.4 is 5.32 Å². The maximum atomic E-state index is 13.2. The molecule has 1 rings (SSSR count). The van der Waals surface area contributed by atoms with Gasteiger partial charge < -0.3 is 5.32 Å². The fraction of sp³-hybridized carbons (Fsp3) is 0.333. The van der Waals surface area contributed by atoms with Crippen molar-refractivity contribution in [2.24, 2.45) is 5.92 Å². The average Bonchev–Trinajstić information content (AvgIpc) is 2.29. The summed E-state index contributed by atoms with van der Waals surface area (Å²) < 4.78 is 13.2. The van der Waals surface area contributed by atoms with E-state index in [1.165, 1.54) is 6.07 Å². The minimum Gasteiger partial charge on any atom is -0.355 e. The molecule has 4 heteroatoms. The van der Waals surface area contributed by atoms with E-state index in [0.29, 0.717) is 12.1 Å². The van der Waals surface area contributed by atoms with E-state index in [1.807, 2.05) is 6.07 Å². The second-order valence-corrected chi connectivity index (χ2v) is 3.60. The maximum absolute atomic E-state index is 13.2. The minimum atomic E-state index is -0.383. The Morgan fingerprint density at radius 1 is 1.56 bits per heavy atom. The fourth-order valence-electron chi connectivity index (χ4n) is 1.19. The van der Waals surface area contributed by atoms with Gasteiger partial charge in [0.05, 0.1) is 18.4 Å². The van der Waals surface area contributed by atoms with Crippen molar-refractivity contribution in [2.75, 3.05) is 6.54 Å². The number of hydrogen-bond acceptors (Lipinski definition) is 2. The van der Waals surface area contributed by atoms with Gasteiger partial charge in [0.2, 0.25) is 5.91 Å². The van der Waals surface area contributed by atoms with Gasteiger partial charge >= 0.3 is 0 Å². The molecular weight excluding hydrogens is 207 g/mol. The average molecular weight is 220 g/mol.